The van der Waals surface area contributed by atoms with Gasteiger partial charge in [0.05, 0.1) is 15.8 Å². The molecule has 132 valence electrons. The summed E-state index contributed by atoms with van der Waals surface area (Å²) < 4.78 is 1.08. The molecule has 2 nitrogen and oxygen atoms in total. The van der Waals surface area contributed by atoms with Crippen molar-refractivity contribution in [2.75, 3.05) is 0 Å². The third-order valence-electron chi connectivity index (χ3n) is 4.50. The molecule has 0 aliphatic carbocycles. The minimum absolute atomic E-state index is 0.00535. The van der Waals surface area contributed by atoms with Crippen LogP contribution in [0.1, 0.15) is 33.4 Å². The summed E-state index contributed by atoms with van der Waals surface area (Å²) in [6, 6.07) is 25.7. The monoisotopic (exact) mass is 369 g/mol. The van der Waals surface area contributed by atoms with E-state index in [1.165, 1.54) is 5.56 Å². The van der Waals surface area contributed by atoms with Crippen molar-refractivity contribution >= 4 is 39.0 Å². The van der Waals surface area contributed by atoms with Crippen molar-refractivity contribution in [3.8, 4) is 0 Å². The Hall–Kier alpha value is -3.04. The fourth-order valence-corrected chi connectivity index (χ4v) is 3.95. The predicted molar refractivity (Wildman–Crippen MR) is 114 cm³/mol. The Kier molecular flexibility index (Phi) is 4.95. The molecule has 0 aliphatic heterocycles. The van der Waals surface area contributed by atoms with Crippen LogP contribution in [0.3, 0.4) is 0 Å². The molecular weight excluding hydrogens is 350 g/mol. The van der Waals surface area contributed by atoms with Gasteiger partial charge in [-0.3, -0.25) is 4.79 Å². The second kappa shape index (κ2) is 7.68. The first-order valence-electron chi connectivity index (χ1n) is 9.01. The largest absolute Gasteiger partial charge is 0.288 e. The maximum atomic E-state index is 13.2. The minimum Gasteiger partial charge on any atom is -0.288 e. The van der Waals surface area contributed by atoms with E-state index in [9.17, 15) is 4.79 Å². The van der Waals surface area contributed by atoms with Crippen LogP contribution >= 0.6 is 11.3 Å². The number of ketones is 1. The minimum atomic E-state index is -0.00535. The fourth-order valence-electron chi connectivity index (χ4n) is 2.97. The highest BCUT2D eigenvalue weighted by Gasteiger charge is 2.18. The normalized spacial score (nSPS) is 11.7. The number of nitrogens with zero attached hydrogens (tertiary/aromatic N) is 1. The lowest BCUT2D eigenvalue weighted by molar-refractivity contribution is 0.105. The molecule has 4 rings (SSSR count). The van der Waals surface area contributed by atoms with Crippen LogP contribution in [-0.2, 0) is 6.42 Å². The topological polar surface area (TPSA) is 30.0 Å². The van der Waals surface area contributed by atoms with Crippen LogP contribution < -0.4 is 0 Å². The van der Waals surface area contributed by atoms with Gasteiger partial charge in [0.15, 0.2) is 5.78 Å². The maximum Gasteiger partial charge on any atom is 0.196 e. The van der Waals surface area contributed by atoms with Gasteiger partial charge in [0.25, 0.3) is 0 Å². The first-order chi connectivity index (χ1) is 13.2. The SMILES string of the molecule is CCc1ccc(/C=C(/C(=O)c2ccccc2)c2nc3ccccc3s2)cc1. The van der Waals surface area contributed by atoms with E-state index in [0.717, 1.165) is 27.2 Å². The molecule has 0 saturated carbocycles. The van der Waals surface area contributed by atoms with E-state index in [1.54, 1.807) is 11.3 Å². The molecule has 3 aromatic carbocycles. The Labute approximate surface area is 162 Å². The molecule has 0 amide bonds. The van der Waals surface area contributed by atoms with Crippen molar-refractivity contribution in [2.45, 2.75) is 13.3 Å². The van der Waals surface area contributed by atoms with Gasteiger partial charge in [-0.25, -0.2) is 4.98 Å². The average Bonchev–Trinajstić information content (AvgIpc) is 3.16. The van der Waals surface area contributed by atoms with Crippen molar-refractivity contribution in [1.82, 2.24) is 4.98 Å². The van der Waals surface area contributed by atoms with Gasteiger partial charge in [-0.1, -0.05) is 73.7 Å². The van der Waals surface area contributed by atoms with Crippen LogP contribution in [0.15, 0.2) is 78.9 Å². The molecule has 3 heteroatoms. The second-order valence-electron chi connectivity index (χ2n) is 6.34. The van der Waals surface area contributed by atoms with E-state index in [0.29, 0.717) is 11.1 Å². The van der Waals surface area contributed by atoms with Gasteiger partial charge in [0.2, 0.25) is 0 Å². The zero-order valence-electron chi connectivity index (χ0n) is 15.1. The van der Waals surface area contributed by atoms with Crippen LogP contribution in [0.5, 0.6) is 0 Å². The Bertz CT molecular complexity index is 1080. The van der Waals surface area contributed by atoms with Gasteiger partial charge in [-0.2, -0.15) is 0 Å². The molecule has 4 aromatic rings. The number of carbonyl (C=O) groups excluding carboxylic acids is 1. The number of thiazole rings is 1. The first kappa shape index (κ1) is 17.4. The van der Waals surface area contributed by atoms with Gasteiger partial charge < -0.3 is 0 Å². The molecule has 0 radical (unpaired) electrons. The standard InChI is InChI=1S/C24H19NOS/c1-2-17-12-14-18(15-13-17)16-20(23(26)19-8-4-3-5-9-19)24-25-21-10-6-7-11-22(21)27-24/h3-16H,2H2,1H3/b20-16-. The Morgan fingerprint density at radius 1 is 0.926 bits per heavy atom. The maximum absolute atomic E-state index is 13.2. The number of aryl methyl sites for hydroxylation is 1. The third-order valence-corrected chi connectivity index (χ3v) is 5.57. The quantitative estimate of drug-likeness (QED) is 0.306. The number of hydrogen-bond donors (Lipinski definition) is 0. The second-order valence-corrected chi connectivity index (χ2v) is 7.37. The molecule has 0 fully saturated rings. The van der Waals surface area contributed by atoms with Crippen LogP contribution in [-0.4, -0.2) is 10.8 Å². The number of aromatic nitrogens is 1. The molecule has 0 unspecified atom stereocenters. The third kappa shape index (κ3) is 3.74. The number of rotatable bonds is 5. The highest BCUT2D eigenvalue weighted by molar-refractivity contribution is 7.20. The van der Waals surface area contributed by atoms with Crippen LogP contribution in [0.25, 0.3) is 21.9 Å². The fraction of sp³-hybridized carbons (Fsp3) is 0.0833. The molecule has 0 spiro atoms. The highest BCUT2D eigenvalue weighted by atomic mass is 32.1. The van der Waals surface area contributed by atoms with Gasteiger partial charge in [0.1, 0.15) is 5.01 Å². The van der Waals surface area contributed by atoms with E-state index in [4.69, 9.17) is 4.98 Å². The summed E-state index contributed by atoms with van der Waals surface area (Å²) in [5.41, 5.74) is 4.51. The number of allylic oxidation sites excluding steroid dienone is 1. The van der Waals surface area contributed by atoms with Crippen molar-refractivity contribution < 1.29 is 4.79 Å². The summed E-state index contributed by atoms with van der Waals surface area (Å²) in [7, 11) is 0. The molecule has 0 saturated heterocycles. The van der Waals surface area contributed by atoms with E-state index in [-0.39, 0.29) is 5.78 Å². The van der Waals surface area contributed by atoms with Gasteiger partial charge in [0, 0.05) is 5.56 Å². The number of Topliss-reactive ketones (excluding diaryl/α,β-unsaturated/α-hetero) is 1. The van der Waals surface area contributed by atoms with Crippen molar-refractivity contribution in [1.29, 1.82) is 0 Å². The molecule has 0 aliphatic rings. The Morgan fingerprint density at radius 2 is 1.63 bits per heavy atom. The van der Waals surface area contributed by atoms with E-state index in [2.05, 4.69) is 31.2 Å². The number of para-hydroxylation sites is 1. The number of carbonyl (C=O) groups is 1. The molecule has 0 bridgehead atoms. The van der Waals surface area contributed by atoms with Gasteiger partial charge in [-0.05, 0) is 35.8 Å². The summed E-state index contributed by atoms with van der Waals surface area (Å²) >= 11 is 1.56. The average molecular weight is 369 g/mol. The van der Waals surface area contributed by atoms with Crippen molar-refractivity contribution in [2.24, 2.45) is 0 Å². The summed E-state index contributed by atoms with van der Waals surface area (Å²) in [5.74, 6) is -0.00535. The summed E-state index contributed by atoms with van der Waals surface area (Å²) in [4.78, 5) is 18.0. The summed E-state index contributed by atoms with van der Waals surface area (Å²) in [6.45, 7) is 2.14. The molecule has 27 heavy (non-hydrogen) atoms. The Morgan fingerprint density at radius 3 is 2.33 bits per heavy atom. The van der Waals surface area contributed by atoms with Gasteiger partial charge in [-0.15, -0.1) is 11.3 Å². The van der Waals surface area contributed by atoms with Crippen LogP contribution in [0.2, 0.25) is 0 Å². The lowest BCUT2D eigenvalue weighted by Gasteiger charge is -2.05. The van der Waals surface area contributed by atoms with E-state index >= 15 is 0 Å². The zero-order chi connectivity index (χ0) is 18.6. The number of benzene rings is 3. The highest BCUT2D eigenvalue weighted by Crippen LogP contribution is 2.30. The molecule has 0 N–H and O–H groups in total. The predicted octanol–water partition coefficient (Wildman–Crippen LogP) is 6.28. The molecule has 0 atom stereocenters. The number of fused-ring (bicyclic) bond motifs is 1. The molecular formula is C24H19NOS. The van der Waals surface area contributed by atoms with Crippen molar-refractivity contribution in [3.63, 3.8) is 0 Å². The first-order valence-corrected chi connectivity index (χ1v) is 9.82. The molecule has 1 heterocycles. The van der Waals surface area contributed by atoms with Crippen LogP contribution in [0, 0.1) is 0 Å². The number of hydrogen-bond acceptors (Lipinski definition) is 3. The zero-order valence-corrected chi connectivity index (χ0v) is 15.9. The lowest BCUT2D eigenvalue weighted by Crippen LogP contribution is -2.02. The van der Waals surface area contributed by atoms with E-state index in [1.807, 2.05) is 60.7 Å². The molecule has 1 aromatic heterocycles. The van der Waals surface area contributed by atoms with Crippen LogP contribution in [0.4, 0.5) is 0 Å². The van der Waals surface area contributed by atoms with Gasteiger partial charge >= 0.3 is 0 Å². The summed E-state index contributed by atoms with van der Waals surface area (Å²) in [5, 5.41) is 0.754. The Balaban J connectivity index is 1.83. The smallest absolute Gasteiger partial charge is 0.196 e. The van der Waals surface area contributed by atoms with Crippen molar-refractivity contribution in [3.05, 3.63) is 101 Å². The lowest BCUT2D eigenvalue weighted by atomic mass is 10.0. The van der Waals surface area contributed by atoms with E-state index < -0.39 is 0 Å². The summed E-state index contributed by atoms with van der Waals surface area (Å²) in [6.07, 6.45) is 2.95.